The fraction of sp³-hybridized carbons (Fsp3) is 0.900. The number of hydrogen-bond donors (Lipinski definition) is 2. The third kappa shape index (κ3) is 8.35. The number of nitrogens with one attached hydrogen (secondary N) is 1. The molecule has 0 heterocycles. The first-order chi connectivity index (χ1) is 7.10. The van der Waals surface area contributed by atoms with Crippen molar-refractivity contribution in [3.63, 3.8) is 0 Å². The second kappa shape index (κ2) is 8.64. The van der Waals surface area contributed by atoms with Gasteiger partial charge in [-0.1, -0.05) is 6.92 Å². The number of ether oxygens (including phenoxy) is 1. The maximum Gasteiger partial charge on any atom is 0.234 e. The van der Waals surface area contributed by atoms with Gasteiger partial charge in [0.25, 0.3) is 0 Å². The highest BCUT2D eigenvalue weighted by Crippen LogP contribution is 1.94. The van der Waals surface area contributed by atoms with Crippen molar-refractivity contribution in [1.29, 1.82) is 0 Å². The number of rotatable bonds is 8. The summed E-state index contributed by atoms with van der Waals surface area (Å²) in [7, 11) is 3.53. The second-order valence-electron chi connectivity index (χ2n) is 3.88. The molecule has 15 heavy (non-hydrogen) atoms. The molecular formula is C10H23N3O2. The van der Waals surface area contributed by atoms with Gasteiger partial charge in [-0.05, 0) is 19.5 Å². The van der Waals surface area contributed by atoms with E-state index in [4.69, 9.17) is 10.5 Å². The summed E-state index contributed by atoms with van der Waals surface area (Å²) >= 11 is 0. The number of nitrogens with two attached hydrogens (primary N) is 1. The molecule has 0 aliphatic carbocycles. The summed E-state index contributed by atoms with van der Waals surface area (Å²) in [4.78, 5) is 13.3. The Bertz CT molecular complexity index is 176. The Morgan fingerprint density at radius 3 is 2.80 bits per heavy atom. The van der Waals surface area contributed by atoms with E-state index >= 15 is 0 Å². The molecule has 3 N–H and O–H groups in total. The predicted molar refractivity (Wildman–Crippen MR) is 60.6 cm³/mol. The van der Waals surface area contributed by atoms with Crippen LogP contribution in [0.5, 0.6) is 0 Å². The zero-order valence-electron chi connectivity index (χ0n) is 9.95. The largest absolute Gasteiger partial charge is 0.383 e. The number of carbonyl (C=O) groups is 1. The van der Waals surface area contributed by atoms with Crippen molar-refractivity contribution in [3.8, 4) is 0 Å². The van der Waals surface area contributed by atoms with Crippen molar-refractivity contribution in [3.05, 3.63) is 0 Å². The van der Waals surface area contributed by atoms with Gasteiger partial charge < -0.3 is 15.8 Å². The fourth-order valence-electron chi connectivity index (χ4n) is 1.26. The van der Waals surface area contributed by atoms with E-state index in [0.29, 0.717) is 32.2 Å². The van der Waals surface area contributed by atoms with Crippen LogP contribution in [0, 0.1) is 5.92 Å². The standard InChI is InChI=1S/C10H23N3O2/c1-9(6-11)7-13(2)8-10(14)12-4-5-15-3/h9H,4-8,11H2,1-3H3,(H,12,14). The van der Waals surface area contributed by atoms with Crippen molar-refractivity contribution >= 4 is 5.91 Å². The molecule has 0 saturated heterocycles. The third-order valence-electron chi connectivity index (χ3n) is 2.07. The van der Waals surface area contributed by atoms with Gasteiger partial charge in [0, 0.05) is 20.2 Å². The minimum Gasteiger partial charge on any atom is -0.383 e. The van der Waals surface area contributed by atoms with Crippen LogP contribution in [0.3, 0.4) is 0 Å². The normalized spacial score (nSPS) is 12.9. The summed E-state index contributed by atoms with van der Waals surface area (Å²) in [5, 5.41) is 2.77. The van der Waals surface area contributed by atoms with Crippen molar-refractivity contribution in [1.82, 2.24) is 10.2 Å². The van der Waals surface area contributed by atoms with Crippen LogP contribution in [0.1, 0.15) is 6.92 Å². The molecule has 0 radical (unpaired) electrons. The maximum absolute atomic E-state index is 11.4. The quantitative estimate of drug-likeness (QED) is 0.526. The Balaban J connectivity index is 3.57. The Labute approximate surface area is 91.9 Å². The lowest BCUT2D eigenvalue weighted by Gasteiger charge is -2.19. The smallest absolute Gasteiger partial charge is 0.234 e. The molecule has 0 aliphatic heterocycles. The zero-order chi connectivity index (χ0) is 11.7. The van der Waals surface area contributed by atoms with Crippen LogP contribution < -0.4 is 11.1 Å². The van der Waals surface area contributed by atoms with Crippen LogP contribution >= 0.6 is 0 Å². The first-order valence-electron chi connectivity index (χ1n) is 5.24. The van der Waals surface area contributed by atoms with Crippen molar-refractivity contribution in [2.24, 2.45) is 11.7 Å². The fourth-order valence-corrected chi connectivity index (χ4v) is 1.26. The second-order valence-corrected chi connectivity index (χ2v) is 3.88. The summed E-state index contributed by atoms with van der Waals surface area (Å²) < 4.78 is 4.83. The van der Waals surface area contributed by atoms with Gasteiger partial charge in [0.1, 0.15) is 0 Å². The number of methoxy groups -OCH3 is 1. The lowest BCUT2D eigenvalue weighted by Crippen LogP contribution is -2.39. The summed E-state index contributed by atoms with van der Waals surface area (Å²) in [6, 6.07) is 0. The average molecular weight is 217 g/mol. The number of likely N-dealkylation sites (N-methyl/N-ethyl adjacent to an activating group) is 1. The van der Waals surface area contributed by atoms with E-state index in [-0.39, 0.29) is 5.91 Å². The van der Waals surface area contributed by atoms with Crippen LogP contribution in [0.2, 0.25) is 0 Å². The minimum absolute atomic E-state index is 0.0266. The number of amides is 1. The highest BCUT2D eigenvalue weighted by molar-refractivity contribution is 5.77. The maximum atomic E-state index is 11.4. The van der Waals surface area contributed by atoms with E-state index < -0.39 is 0 Å². The van der Waals surface area contributed by atoms with Gasteiger partial charge >= 0.3 is 0 Å². The number of carbonyl (C=O) groups excluding carboxylic acids is 1. The SMILES string of the molecule is COCCNC(=O)CN(C)CC(C)CN. The van der Waals surface area contributed by atoms with Crippen molar-refractivity contribution < 1.29 is 9.53 Å². The first-order valence-corrected chi connectivity index (χ1v) is 5.24. The monoisotopic (exact) mass is 217 g/mol. The van der Waals surface area contributed by atoms with Crippen LogP contribution in [0.15, 0.2) is 0 Å². The molecule has 0 aromatic rings. The molecule has 0 rings (SSSR count). The average Bonchev–Trinajstić information content (AvgIpc) is 2.17. The molecule has 1 atom stereocenters. The van der Waals surface area contributed by atoms with Gasteiger partial charge in [0.15, 0.2) is 0 Å². The van der Waals surface area contributed by atoms with E-state index in [1.54, 1.807) is 7.11 Å². The van der Waals surface area contributed by atoms with Crippen LogP contribution in [0.25, 0.3) is 0 Å². The van der Waals surface area contributed by atoms with Gasteiger partial charge in [0.05, 0.1) is 13.2 Å². The minimum atomic E-state index is 0.0266. The Hall–Kier alpha value is -0.650. The molecule has 0 aromatic carbocycles. The van der Waals surface area contributed by atoms with Crippen LogP contribution in [-0.4, -0.2) is 57.8 Å². The molecule has 0 aromatic heterocycles. The molecule has 1 amide bonds. The van der Waals surface area contributed by atoms with E-state index in [0.717, 1.165) is 6.54 Å². The Morgan fingerprint density at radius 2 is 2.27 bits per heavy atom. The summed E-state index contributed by atoms with van der Waals surface area (Å²) in [6.07, 6.45) is 0. The molecule has 0 spiro atoms. The van der Waals surface area contributed by atoms with E-state index in [1.807, 2.05) is 11.9 Å². The van der Waals surface area contributed by atoms with Crippen LogP contribution in [-0.2, 0) is 9.53 Å². The molecule has 90 valence electrons. The van der Waals surface area contributed by atoms with Gasteiger partial charge in [-0.2, -0.15) is 0 Å². The Kier molecular flexibility index (Phi) is 8.27. The number of nitrogens with zero attached hydrogens (tertiary/aromatic N) is 1. The molecule has 5 heteroatoms. The summed E-state index contributed by atoms with van der Waals surface area (Å²) in [5.41, 5.74) is 5.51. The molecule has 0 aliphatic rings. The molecule has 0 bridgehead atoms. The molecule has 5 nitrogen and oxygen atoms in total. The molecule has 0 saturated carbocycles. The Morgan fingerprint density at radius 1 is 1.60 bits per heavy atom. The van der Waals surface area contributed by atoms with Crippen molar-refractivity contribution in [2.45, 2.75) is 6.92 Å². The van der Waals surface area contributed by atoms with Crippen LogP contribution in [0.4, 0.5) is 0 Å². The van der Waals surface area contributed by atoms with E-state index in [1.165, 1.54) is 0 Å². The van der Waals surface area contributed by atoms with Gasteiger partial charge in [-0.25, -0.2) is 0 Å². The number of hydrogen-bond acceptors (Lipinski definition) is 4. The molecule has 0 fully saturated rings. The van der Waals surface area contributed by atoms with E-state index in [9.17, 15) is 4.79 Å². The van der Waals surface area contributed by atoms with E-state index in [2.05, 4.69) is 12.2 Å². The van der Waals surface area contributed by atoms with Crippen molar-refractivity contribution in [2.75, 3.05) is 46.9 Å². The summed E-state index contributed by atoms with van der Waals surface area (Å²) in [6.45, 7) is 5.08. The molecular weight excluding hydrogens is 194 g/mol. The van der Waals surface area contributed by atoms with Gasteiger partial charge in [-0.3, -0.25) is 9.69 Å². The topological polar surface area (TPSA) is 67.6 Å². The zero-order valence-corrected chi connectivity index (χ0v) is 9.95. The highest BCUT2D eigenvalue weighted by atomic mass is 16.5. The third-order valence-corrected chi connectivity index (χ3v) is 2.07. The highest BCUT2D eigenvalue weighted by Gasteiger charge is 2.08. The first kappa shape index (κ1) is 14.3. The van der Waals surface area contributed by atoms with Gasteiger partial charge in [0.2, 0.25) is 5.91 Å². The molecule has 1 unspecified atom stereocenters. The lowest BCUT2D eigenvalue weighted by atomic mass is 10.2. The predicted octanol–water partition coefficient (Wildman–Crippen LogP) is -0.724. The van der Waals surface area contributed by atoms with Gasteiger partial charge in [-0.15, -0.1) is 0 Å². The lowest BCUT2D eigenvalue weighted by molar-refractivity contribution is -0.122. The summed E-state index contributed by atoms with van der Waals surface area (Å²) in [5.74, 6) is 0.445.